The number of rotatable bonds is 5. The van der Waals surface area contributed by atoms with Crippen molar-refractivity contribution >= 4 is 9.84 Å². The topological polar surface area (TPSA) is 57.4 Å². The fourth-order valence-electron chi connectivity index (χ4n) is 2.63. The normalized spacial score (nSPS) is 22.3. The number of sulfone groups is 1. The monoisotopic (exact) mass is 317 g/mol. The molecule has 4 nitrogen and oxygen atoms in total. The van der Waals surface area contributed by atoms with E-state index >= 15 is 0 Å². The molecule has 1 N–H and O–H groups in total. The lowest BCUT2D eigenvalue weighted by Gasteiger charge is -2.12. The van der Waals surface area contributed by atoms with Crippen LogP contribution >= 0.6 is 0 Å². The molecule has 1 aliphatic rings. The maximum atomic E-state index is 11.4. The number of nitrogens with zero attached hydrogens (tertiary/aromatic N) is 1. The van der Waals surface area contributed by atoms with Crippen LogP contribution in [0.2, 0.25) is 0 Å². The lowest BCUT2D eigenvalue weighted by molar-refractivity contribution is 0.157. The Morgan fingerprint density at radius 1 is 1.14 bits per heavy atom. The summed E-state index contributed by atoms with van der Waals surface area (Å²) in [4.78, 5) is 2.48. The van der Waals surface area contributed by atoms with Gasteiger partial charge in [-0.1, -0.05) is 42.5 Å². The summed E-state index contributed by atoms with van der Waals surface area (Å²) >= 11 is 0. The van der Waals surface area contributed by atoms with Crippen LogP contribution in [0.5, 0.6) is 0 Å². The Balaban J connectivity index is 1.64. The molecule has 116 valence electrons. The average Bonchev–Trinajstić information content (AvgIpc) is 3.26. The van der Waals surface area contributed by atoms with Crippen LogP contribution in [0, 0.1) is 0 Å². The molecule has 3 unspecified atom stereocenters. The summed E-state index contributed by atoms with van der Waals surface area (Å²) in [5.74, 6) is 0. The zero-order valence-corrected chi connectivity index (χ0v) is 13.2. The molecule has 2 aromatic rings. The molecule has 0 amide bonds. The summed E-state index contributed by atoms with van der Waals surface area (Å²) in [7, 11) is -3.19. The van der Waals surface area contributed by atoms with Gasteiger partial charge in [0.25, 0.3) is 0 Å². The molecule has 5 heteroatoms. The summed E-state index contributed by atoms with van der Waals surface area (Å²) in [6.45, 7) is 1.67. The first kappa shape index (κ1) is 15.2. The molecule has 0 aromatic heterocycles. The van der Waals surface area contributed by atoms with Crippen molar-refractivity contribution in [3.05, 3.63) is 65.7 Å². The number of aliphatic hydroxyl groups excluding tert-OH is 1. The Morgan fingerprint density at radius 2 is 1.77 bits per heavy atom. The molecular weight excluding hydrogens is 298 g/mol. The van der Waals surface area contributed by atoms with Gasteiger partial charge < -0.3 is 5.11 Å². The van der Waals surface area contributed by atoms with Crippen molar-refractivity contribution in [1.82, 2.24) is 4.90 Å². The van der Waals surface area contributed by atoms with Gasteiger partial charge in [-0.05, 0) is 23.3 Å². The second-order valence-electron chi connectivity index (χ2n) is 5.77. The fourth-order valence-corrected chi connectivity index (χ4v) is 3.26. The zero-order valence-electron chi connectivity index (χ0n) is 12.4. The van der Waals surface area contributed by atoms with Gasteiger partial charge in [0.15, 0.2) is 9.84 Å². The van der Waals surface area contributed by atoms with E-state index in [0.29, 0.717) is 0 Å². The summed E-state index contributed by atoms with van der Waals surface area (Å²) in [5, 5.41) is 10.4. The summed E-state index contributed by atoms with van der Waals surface area (Å²) in [6.07, 6.45) is 0.596. The molecule has 0 bridgehead atoms. The Labute approximate surface area is 130 Å². The van der Waals surface area contributed by atoms with Gasteiger partial charge in [-0.15, -0.1) is 0 Å². The lowest BCUT2D eigenvalue weighted by atomic mass is 10.1. The van der Waals surface area contributed by atoms with Crippen molar-refractivity contribution in [2.24, 2.45) is 0 Å². The van der Waals surface area contributed by atoms with Gasteiger partial charge in [-0.2, -0.15) is 0 Å². The van der Waals surface area contributed by atoms with Gasteiger partial charge in [0.1, 0.15) is 0 Å². The number of benzene rings is 2. The van der Waals surface area contributed by atoms with E-state index in [1.807, 2.05) is 18.2 Å². The van der Waals surface area contributed by atoms with Crippen LogP contribution in [0.4, 0.5) is 0 Å². The van der Waals surface area contributed by atoms with Crippen molar-refractivity contribution in [1.29, 1.82) is 0 Å². The van der Waals surface area contributed by atoms with Crippen LogP contribution < -0.4 is 0 Å². The largest absolute Gasteiger partial charge is 0.387 e. The number of aliphatic hydroxyl groups is 1. The van der Waals surface area contributed by atoms with Crippen molar-refractivity contribution in [2.75, 3.05) is 12.8 Å². The van der Waals surface area contributed by atoms with Gasteiger partial charge >= 0.3 is 0 Å². The van der Waals surface area contributed by atoms with E-state index < -0.39 is 15.9 Å². The van der Waals surface area contributed by atoms with Crippen LogP contribution in [-0.4, -0.2) is 37.3 Å². The Bertz CT molecular complexity index is 741. The van der Waals surface area contributed by atoms with Gasteiger partial charge in [0.05, 0.1) is 17.0 Å². The second kappa shape index (κ2) is 5.83. The van der Waals surface area contributed by atoms with Crippen molar-refractivity contribution in [3.63, 3.8) is 0 Å². The predicted molar refractivity (Wildman–Crippen MR) is 85.2 cm³/mol. The first-order valence-electron chi connectivity index (χ1n) is 7.21. The third-order valence-corrected chi connectivity index (χ3v) is 5.13. The number of hydrogen-bond acceptors (Lipinski definition) is 4. The third-order valence-electron chi connectivity index (χ3n) is 4.00. The van der Waals surface area contributed by atoms with E-state index in [9.17, 15) is 13.5 Å². The van der Waals surface area contributed by atoms with E-state index in [1.54, 1.807) is 24.3 Å². The van der Waals surface area contributed by atoms with Crippen LogP contribution in [0.25, 0.3) is 0 Å². The Morgan fingerprint density at radius 3 is 2.36 bits per heavy atom. The first-order chi connectivity index (χ1) is 10.4. The van der Waals surface area contributed by atoms with Crippen molar-refractivity contribution in [3.8, 4) is 0 Å². The van der Waals surface area contributed by atoms with Crippen molar-refractivity contribution in [2.45, 2.75) is 23.6 Å². The van der Waals surface area contributed by atoms with Gasteiger partial charge in [0, 0.05) is 19.3 Å². The fraction of sp³-hybridized carbons (Fsp3) is 0.294. The van der Waals surface area contributed by atoms with E-state index in [4.69, 9.17) is 0 Å². The van der Waals surface area contributed by atoms with Crippen LogP contribution in [0.1, 0.15) is 17.2 Å². The maximum absolute atomic E-state index is 11.4. The molecule has 1 fully saturated rings. The standard InChI is InChI=1S/C17H19NO3S/c1-22(20,21)15-9-7-14(8-10-15)17(19)16-12-18(16)11-13-5-3-2-4-6-13/h2-10,16-17,19H,11-12H2,1H3. The van der Waals surface area contributed by atoms with E-state index in [-0.39, 0.29) is 10.9 Å². The van der Waals surface area contributed by atoms with E-state index in [0.717, 1.165) is 18.7 Å². The van der Waals surface area contributed by atoms with Gasteiger partial charge in [0.2, 0.25) is 0 Å². The molecular formula is C17H19NO3S. The molecule has 1 heterocycles. The SMILES string of the molecule is CS(=O)(=O)c1ccc(C(O)C2CN2Cc2ccccc2)cc1. The van der Waals surface area contributed by atoms with E-state index in [1.165, 1.54) is 11.8 Å². The summed E-state index contributed by atoms with van der Waals surface area (Å²) in [5.41, 5.74) is 1.98. The third kappa shape index (κ3) is 3.38. The zero-order chi connectivity index (χ0) is 15.7. The highest BCUT2D eigenvalue weighted by atomic mass is 32.2. The molecule has 22 heavy (non-hydrogen) atoms. The molecule has 0 spiro atoms. The summed E-state index contributed by atoms with van der Waals surface area (Å²) in [6, 6.07) is 16.7. The van der Waals surface area contributed by atoms with Gasteiger partial charge in [-0.25, -0.2) is 8.42 Å². The molecule has 3 rings (SSSR count). The first-order valence-corrected chi connectivity index (χ1v) is 9.10. The molecule has 0 saturated carbocycles. The molecule has 0 aliphatic carbocycles. The van der Waals surface area contributed by atoms with Crippen LogP contribution in [0.3, 0.4) is 0 Å². The highest BCUT2D eigenvalue weighted by Crippen LogP contribution is 2.33. The molecule has 2 aromatic carbocycles. The lowest BCUT2D eigenvalue weighted by Crippen LogP contribution is -2.11. The minimum Gasteiger partial charge on any atom is -0.387 e. The highest BCUT2D eigenvalue weighted by Gasteiger charge is 2.40. The average molecular weight is 317 g/mol. The molecule has 1 aliphatic heterocycles. The van der Waals surface area contributed by atoms with Crippen LogP contribution in [0.15, 0.2) is 59.5 Å². The number of hydrogen-bond donors (Lipinski definition) is 1. The Kier molecular flexibility index (Phi) is 4.04. The predicted octanol–water partition coefficient (Wildman–Crippen LogP) is 2.01. The van der Waals surface area contributed by atoms with Crippen LogP contribution in [-0.2, 0) is 16.4 Å². The molecule has 1 saturated heterocycles. The van der Waals surface area contributed by atoms with Gasteiger partial charge in [-0.3, -0.25) is 4.90 Å². The van der Waals surface area contributed by atoms with E-state index in [2.05, 4.69) is 17.0 Å². The second-order valence-corrected chi connectivity index (χ2v) is 7.78. The molecule has 3 atom stereocenters. The maximum Gasteiger partial charge on any atom is 0.175 e. The van der Waals surface area contributed by atoms with Crippen molar-refractivity contribution < 1.29 is 13.5 Å². The Hall–Kier alpha value is -1.69. The minimum atomic E-state index is -3.19. The smallest absolute Gasteiger partial charge is 0.175 e. The highest BCUT2D eigenvalue weighted by molar-refractivity contribution is 7.90. The quantitative estimate of drug-likeness (QED) is 0.857. The summed E-state index contributed by atoms with van der Waals surface area (Å²) < 4.78 is 22.9. The molecule has 0 radical (unpaired) electrons. The minimum absolute atomic E-state index is 0.101.